The largest absolute Gasteiger partial charge is 0.494 e. The Labute approximate surface area is 157 Å². The van der Waals surface area contributed by atoms with Gasteiger partial charge in [0.25, 0.3) is 0 Å². The number of fused-ring (bicyclic) bond motifs is 1. The highest BCUT2D eigenvalue weighted by Gasteiger charge is 2.51. The van der Waals surface area contributed by atoms with Crippen LogP contribution in [0, 0.1) is 11.6 Å². The molecule has 138 valence electrons. The van der Waals surface area contributed by atoms with E-state index in [0.29, 0.717) is 5.69 Å². The Hall–Kier alpha value is -2.31. The Morgan fingerprint density at radius 1 is 0.852 bits per heavy atom. The third-order valence-corrected chi connectivity index (χ3v) is 5.45. The van der Waals surface area contributed by atoms with Crippen molar-refractivity contribution >= 4 is 23.5 Å². The van der Waals surface area contributed by atoms with E-state index in [0.717, 1.165) is 22.4 Å². The molecule has 1 aliphatic heterocycles. The van der Waals surface area contributed by atoms with Crippen molar-refractivity contribution in [1.82, 2.24) is 4.98 Å². The molecular formula is C21H20BF2NO2. The van der Waals surface area contributed by atoms with Crippen LogP contribution in [-0.4, -0.2) is 23.3 Å². The topological polar surface area (TPSA) is 31.4 Å². The maximum atomic E-state index is 14.0. The Balaban J connectivity index is 1.69. The van der Waals surface area contributed by atoms with Gasteiger partial charge < -0.3 is 9.31 Å². The van der Waals surface area contributed by atoms with Gasteiger partial charge in [-0.05, 0) is 62.8 Å². The first-order valence-corrected chi connectivity index (χ1v) is 8.88. The van der Waals surface area contributed by atoms with Crippen molar-refractivity contribution in [3.8, 4) is 11.3 Å². The van der Waals surface area contributed by atoms with E-state index in [-0.39, 0.29) is 5.56 Å². The van der Waals surface area contributed by atoms with Crippen molar-refractivity contribution < 1.29 is 18.1 Å². The van der Waals surface area contributed by atoms with Crippen LogP contribution in [-0.2, 0) is 9.31 Å². The summed E-state index contributed by atoms with van der Waals surface area (Å²) >= 11 is 0. The molecule has 0 aliphatic carbocycles. The first kappa shape index (κ1) is 18.1. The minimum Gasteiger partial charge on any atom is -0.399 e. The highest BCUT2D eigenvalue weighted by Crippen LogP contribution is 2.36. The van der Waals surface area contributed by atoms with Crippen LogP contribution in [0.4, 0.5) is 8.78 Å². The molecule has 3 aromatic rings. The Kier molecular flexibility index (Phi) is 4.09. The summed E-state index contributed by atoms with van der Waals surface area (Å²) in [5.41, 5.74) is 1.54. The summed E-state index contributed by atoms with van der Waals surface area (Å²) in [6, 6.07) is 12.8. The summed E-state index contributed by atoms with van der Waals surface area (Å²) in [6.07, 6.45) is 0. The molecule has 27 heavy (non-hydrogen) atoms. The molecule has 0 unspecified atom stereocenters. The van der Waals surface area contributed by atoms with Gasteiger partial charge in [0.1, 0.15) is 11.6 Å². The molecule has 3 nitrogen and oxygen atoms in total. The number of halogens is 2. The third-order valence-electron chi connectivity index (χ3n) is 5.45. The van der Waals surface area contributed by atoms with Crippen LogP contribution < -0.4 is 5.46 Å². The van der Waals surface area contributed by atoms with E-state index in [9.17, 15) is 8.78 Å². The molecule has 0 bridgehead atoms. The van der Waals surface area contributed by atoms with Gasteiger partial charge in [-0.15, -0.1) is 0 Å². The van der Waals surface area contributed by atoms with Crippen molar-refractivity contribution in [2.75, 3.05) is 0 Å². The first-order chi connectivity index (χ1) is 12.7. The van der Waals surface area contributed by atoms with Crippen LogP contribution in [0.1, 0.15) is 27.7 Å². The lowest BCUT2D eigenvalue weighted by Gasteiger charge is -2.32. The molecule has 0 saturated carbocycles. The van der Waals surface area contributed by atoms with Gasteiger partial charge in [0, 0.05) is 11.6 Å². The lowest BCUT2D eigenvalue weighted by atomic mass is 9.78. The zero-order chi connectivity index (χ0) is 19.4. The molecule has 6 heteroatoms. The van der Waals surface area contributed by atoms with E-state index in [1.165, 1.54) is 12.1 Å². The van der Waals surface area contributed by atoms with Crippen molar-refractivity contribution in [3.05, 3.63) is 60.2 Å². The zero-order valence-electron chi connectivity index (χ0n) is 15.7. The second-order valence-corrected chi connectivity index (χ2v) is 7.86. The number of rotatable bonds is 2. The summed E-state index contributed by atoms with van der Waals surface area (Å²) in [7, 11) is -0.450. The van der Waals surface area contributed by atoms with Gasteiger partial charge in [-0.2, -0.15) is 0 Å². The average Bonchev–Trinajstić information content (AvgIpc) is 2.82. The monoisotopic (exact) mass is 367 g/mol. The van der Waals surface area contributed by atoms with Crippen molar-refractivity contribution in [2.24, 2.45) is 0 Å². The molecule has 0 atom stereocenters. The van der Waals surface area contributed by atoms with Gasteiger partial charge in [-0.1, -0.05) is 18.2 Å². The molecule has 1 fully saturated rings. The summed E-state index contributed by atoms with van der Waals surface area (Å²) in [4.78, 5) is 4.52. The maximum Gasteiger partial charge on any atom is 0.494 e. The molecule has 1 aromatic heterocycles. The summed E-state index contributed by atoms with van der Waals surface area (Å²) in [5.74, 6) is -1.24. The van der Waals surface area contributed by atoms with Crippen molar-refractivity contribution in [2.45, 2.75) is 38.9 Å². The second-order valence-electron chi connectivity index (χ2n) is 7.86. The Morgan fingerprint density at radius 3 is 2.22 bits per heavy atom. The average molecular weight is 367 g/mol. The van der Waals surface area contributed by atoms with Crippen molar-refractivity contribution in [3.63, 3.8) is 0 Å². The number of hydrogen-bond acceptors (Lipinski definition) is 3. The molecule has 1 aliphatic rings. The molecule has 2 heterocycles. The smallest absolute Gasteiger partial charge is 0.399 e. The molecule has 0 amide bonds. The number of pyridine rings is 1. The minimum atomic E-state index is -0.629. The van der Waals surface area contributed by atoms with Gasteiger partial charge in [0.2, 0.25) is 0 Å². The molecular weight excluding hydrogens is 347 g/mol. The SMILES string of the molecule is CC1(C)OB(c2ccc3nc(-c4ccc(F)cc4F)ccc3c2)OC1(C)C. The van der Waals surface area contributed by atoms with Crippen LogP contribution in [0.15, 0.2) is 48.5 Å². The lowest BCUT2D eigenvalue weighted by Crippen LogP contribution is -2.41. The van der Waals surface area contributed by atoms with Crippen LogP contribution in [0.2, 0.25) is 0 Å². The fourth-order valence-electron chi connectivity index (χ4n) is 3.12. The van der Waals surface area contributed by atoms with Gasteiger partial charge in [-0.3, -0.25) is 0 Å². The van der Waals surface area contributed by atoms with E-state index in [2.05, 4.69) is 4.98 Å². The van der Waals surface area contributed by atoms with Crippen LogP contribution in [0.25, 0.3) is 22.2 Å². The minimum absolute atomic E-state index is 0.272. The third kappa shape index (κ3) is 3.13. The molecule has 1 saturated heterocycles. The molecule has 0 radical (unpaired) electrons. The second kappa shape index (κ2) is 6.11. The number of benzene rings is 2. The first-order valence-electron chi connectivity index (χ1n) is 8.88. The van der Waals surface area contributed by atoms with Gasteiger partial charge in [-0.25, -0.2) is 13.8 Å². The fraction of sp³-hybridized carbons (Fsp3) is 0.286. The zero-order valence-corrected chi connectivity index (χ0v) is 15.7. The van der Waals surface area contributed by atoms with Crippen molar-refractivity contribution in [1.29, 1.82) is 0 Å². The van der Waals surface area contributed by atoms with E-state index >= 15 is 0 Å². The van der Waals surface area contributed by atoms with E-state index in [1.807, 2.05) is 52.0 Å². The highest BCUT2D eigenvalue weighted by molar-refractivity contribution is 6.62. The summed E-state index contributed by atoms with van der Waals surface area (Å²) < 4.78 is 39.4. The lowest BCUT2D eigenvalue weighted by molar-refractivity contribution is 0.00578. The van der Waals surface area contributed by atoms with Crippen LogP contribution in [0.5, 0.6) is 0 Å². The standard InChI is InChI=1S/C21H20BF2NO2/c1-20(2)21(3,4)27-22(26-20)14-6-10-18-13(11-14)5-9-19(25-18)16-8-7-15(23)12-17(16)24/h5-12H,1-4H3. The Bertz CT molecular complexity index is 1020. The molecule has 0 N–H and O–H groups in total. The maximum absolute atomic E-state index is 14.0. The van der Waals surface area contributed by atoms with Gasteiger partial charge in [0.05, 0.1) is 22.4 Å². The normalized spacial score (nSPS) is 18.2. The molecule has 4 rings (SSSR count). The molecule has 0 spiro atoms. The fourth-order valence-corrected chi connectivity index (χ4v) is 3.12. The number of aromatic nitrogens is 1. The van der Waals surface area contributed by atoms with Crippen LogP contribution in [0.3, 0.4) is 0 Å². The van der Waals surface area contributed by atoms with Gasteiger partial charge in [0.15, 0.2) is 0 Å². The predicted molar refractivity (Wildman–Crippen MR) is 103 cm³/mol. The molecule has 2 aromatic carbocycles. The number of nitrogens with zero attached hydrogens (tertiary/aromatic N) is 1. The summed E-state index contributed by atoms with van der Waals surface area (Å²) in [6.45, 7) is 8.05. The highest BCUT2D eigenvalue weighted by atomic mass is 19.1. The predicted octanol–water partition coefficient (Wildman–Crippen LogP) is 4.48. The quantitative estimate of drug-likeness (QED) is 0.626. The van der Waals surface area contributed by atoms with Crippen LogP contribution >= 0.6 is 0 Å². The number of hydrogen-bond donors (Lipinski definition) is 0. The summed E-state index contributed by atoms with van der Waals surface area (Å²) in [5, 5.41) is 0.897. The Morgan fingerprint density at radius 2 is 1.56 bits per heavy atom. The van der Waals surface area contributed by atoms with E-state index in [4.69, 9.17) is 9.31 Å². The van der Waals surface area contributed by atoms with Gasteiger partial charge >= 0.3 is 7.12 Å². The van der Waals surface area contributed by atoms with E-state index in [1.54, 1.807) is 6.07 Å². The van der Waals surface area contributed by atoms with E-state index < -0.39 is 30.0 Å².